The van der Waals surface area contributed by atoms with E-state index in [1.54, 1.807) is 31.1 Å². The number of fused-ring (bicyclic) bond motifs is 1. The SMILES string of the molecule is CC(=O)OCc1cnc2nc(/N=C/N(C)C)n(CCc3ccc([N+](=O)[O-])cc3)c(=O)c2n1. The van der Waals surface area contributed by atoms with E-state index in [1.165, 1.54) is 36.2 Å². The summed E-state index contributed by atoms with van der Waals surface area (Å²) in [5, 5.41) is 10.8. The van der Waals surface area contributed by atoms with Crippen LogP contribution in [0.1, 0.15) is 18.2 Å². The number of ether oxygens (including phenoxy) is 1. The van der Waals surface area contributed by atoms with E-state index >= 15 is 0 Å². The summed E-state index contributed by atoms with van der Waals surface area (Å²) < 4.78 is 6.29. The zero-order chi connectivity index (χ0) is 23.3. The molecule has 0 bridgehead atoms. The molecule has 2 aromatic heterocycles. The molecule has 0 spiro atoms. The van der Waals surface area contributed by atoms with Gasteiger partial charge in [-0.25, -0.2) is 15.0 Å². The molecule has 166 valence electrons. The lowest BCUT2D eigenvalue weighted by Crippen LogP contribution is -2.24. The fourth-order valence-corrected chi connectivity index (χ4v) is 2.76. The maximum atomic E-state index is 13.2. The quantitative estimate of drug-likeness (QED) is 0.168. The molecular weight excluding hydrogens is 418 g/mol. The van der Waals surface area contributed by atoms with E-state index in [-0.39, 0.29) is 36.0 Å². The lowest BCUT2D eigenvalue weighted by Gasteiger charge is -2.11. The second-order valence-corrected chi connectivity index (χ2v) is 7.06. The zero-order valence-corrected chi connectivity index (χ0v) is 17.8. The van der Waals surface area contributed by atoms with Gasteiger partial charge >= 0.3 is 5.97 Å². The predicted molar refractivity (Wildman–Crippen MR) is 116 cm³/mol. The lowest BCUT2D eigenvalue weighted by molar-refractivity contribution is -0.384. The first-order chi connectivity index (χ1) is 15.2. The van der Waals surface area contributed by atoms with Gasteiger partial charge in [0.25, 0.3) is 11.2 Å². The first-order valence-electron chi connectivity index (χ1n) is 9.58. The maximum Gasteiger partial charge on any atom is 0.303 e. The van der Waals surface area contributed by atoms with Crippen molar-refractivity contribution in [2.45, 2.75) is 26.5 Å². The van der Waals surface area contributed by atoms with E-state index in [4.69, 9.17) is 4.74 Å². The number of hydrogen-bond acceptors (Lipinski definition) is 9. The summed E-state index contributed by atoms with van der Waals surface area (Å²) in [4.78, 5) is 53.4. The third-order valence-corrected chi connectivity index (χ3v) is 4.30. The van der Waals surface area contributed by atoms with Gasteiger partial charge in [-0.1, -0.05) is 12.1 Å². The van der Waals surface area contributed by atoms with Crippen LogP contribution in [0.3, 0.4) is 0 Å². The van der Waals surface area contributed by atoms with Gasteiger partial charge in [0.15, 0.2) is 11.2 Å². The van der Waals surface area contributed by atoms with Crippen LogP contribution in [0.5, 0.6) is 0 Å². The number of non-ortho nitro benzene ring substituents is 1. The summed E-state index contributed by atoms with van der Waals surface area (Å²) in [6.45, 7) is 1.38. The molecule has 12 heteroatoms. The number of hydrogen-bond donors (Lipinski definition) is 0. The maximum absolute atomic E-state index is 13.2. The molecule has 0 fully saturated rings. The van der Waals surface area contributed by atoms with E-state index in [0.29, 0.717) is 12.1 Å². The van der Waals surface area contributed by atoms with Gasteiger partial charge in [-0.3, -0.25) is 24.3 Å². The highest BCUT2D eigenvalue weighted by Crippen LogP contribution is 2.15. The Hall–Kier alpha value is -4.22. The highest BCUT2D eigenvalue weighted by molar-refractivity contribution is 5.70. The molecule has 0 radical (unpaired) electrons. The monoisotopic (exact) mass is 439 g/mol. The van der Waals surface area contributed by atoms with Crippen LogP contribution in [0.25, 0.3) is 11.2 Å². The minimum atomic E-state index is -0.473. The second-order valence-electron chi connectivity index (χ2n) is 7.06. The van der Waals surface area contributed by atoms with Gasteiger partial charge in [0, 0.05) is 39.7 Å². The Morgan fingerprint density at radius 2 is 2.00 bits per heavy atom. The molecule has 0 aliphatic rings. The largest absolute Gasteiger partial charge is 0.459 e. The minimum Gasteiger partial charge on any atom is -0.459 e. The van der Waals surface area contributed by atoms with Crippen LogP contribution < -0.4 is 5.56 Å². The smallest absolute Gasteiger partial charge is 0.303 e. The van der Waals surface area contributed by atoms with Crippen LogP contribution in [-0.2, 0) is 29.1 Å². The molecule has 12 nitrogen and oxygen atoms in total. The van der Waals surface area contributed by atoms with Gasteiger partial charge in [-0.05, 0) is 12.0 Å². The number of carbonyl (C=O) groups excluding carboxylic acids is 1. The highest BCUT2D eigenvalue weighted by Gasteiger charge is 2.14. The highest BCUT2D eigenvalue weighted by atomic mass is 16.6. The summed E-state index contributed by atoms with van der Waals surface area (Å²) in [6.07, 6.45) is 3.31. The number of carbonyl (C=O) groups is 1. The number of esters is 1. The third kappa shape index (κ3) is 5.47. The average molecular weight is 439 g/mol. The molecule has 3 rings (SSSR count). The molecule has 0 aliphatic heterocycles. The third-order valence-electron chi connectivity index (χ3n) is 4.30. The number of aryl methyl sites for hydroxylation is 1. The van der Waals surface area contributed by atoms with E-state index < -0.39 is 16.5 Å². The predicted octanol–water partition coefficient (Wildman–Crippen LogP) is 1.62. The summed E-state index contributed by atoms with van der Waals surface area (Å²) in [5.41, 5.74) is 0.823. The Bertz CT molecular complexity index is 1240. The molecule has 32 heavy (non-hydrogen) atoms. The number of nitro groups is 1. The number of rotatable bonds is 8. The van der Waals surface area contributed by atoms with E-state index in [9.17, 15) is 19.7 Å². The van der Waals surface area contributed by atoms with Crippen LogP contribution in [0.2, 0.25) is 0 Å². The topological polar surface area (TPSA) is 146 Å². The van der Waals surface area contributed by atoms with Crippen molar-refractivity contribution in [3.8, 4) is 0 Å². The Labute approximate surface area is 182 Å². The molecule has 0 saturated carbocycles. The molecule has 2 heterocycles. The molecule has 3 aromatic rings. The number of nitrogens with zero attached hydrogens (tertiary/aromatic N) is 7. The lowest BCUT2D eigenvalue weighted by atomic mass is 10.1. The molecule has 0 unspecified atom stereocenters. The summed E-state index contributed by atoms with van der Waals surface area (Å²) in [7, 11) is 3.57. The van der Waals surface area contributed by atoms with Crippen molar-refractivity contribution in [1.29, 1.82) is 0 Å². The molecule has 0 saturated heterocycles. The molecule has 0 N–H and O–H groups in total. The molecule has 0 aliphatic carbocycles. The molecule has 1 aromatic carbocycles. The van der Waals surface area contributed by atoms with Crippen LogP contribution in [-0.4, -0.2) is 55.7 Å². The van der Waals surface area contributed by atoms with Gasteiger partial charge in [-0.15, -0.1) is 0 Å². The number of aliphatic imine (C=N–C) groups is 1. The van der Waals surface area contributed by atoms with E-state index in [0.717, 1.165) is 5.56 Å². The van der Waals surface area contributed by atoms with Gasteiger partial charge < -0.3 is 9.64 Å². The van der Waals surface area contributed by atoms with E-state index in [1.807, 2.05) is 0 Å². The van der Waals surface area contributed by atoms with Crippen molar-refractivity contribution in [2.24, 2.45) is 4.99 Å². The Morgan fingerprint density at radius 3 is 2.62 bits per heavy atom. The molecule has 0 amide bonds. The Kier molecular flexibility index (Phi) is 6.83. The first kappa shape index (κ1) is 22.5. The van der Waals surface area contributed by atoms with Crippen LogP contribution in [0.4, 0.5) is 11.6 Å². The van der Waals surface area contributed by atoms with Crippen molar-refractivity contribution >= 4 is 35.1 Å². The minimum absolute atomic E-state index is 0.00913. The average Bonchev–Trinajstić information content (AvgIpc) is 2.76. The zero-order valence-electron chi connectivity index (χ0n) is 17.8. The van der Waals surface area contributed by atoms with Crippen LogP contribution in [0.15, 0.2) is 40.2 Å². The summed E-state index contributed by atoms with van der Waals surface area (Å²) >= 11 is 0. The number of benzene rings is 1. The Balaban J connectivity index is 1.98. The fourth-order valence-electron chi connectivity index (χ4n) is 2.76. The van der Waals surface area contributed by atoms with E-state index in [2.05, 4.69) is 19.9 Å². The fraction of sp³-hybridized carbons (Fsp3) is 0.300. The van der Waals surface area contributed by atoms with Crippen molar-refractivity contribution in [3.05, 3.63) is 62.2 Å². The Morgan fingerprint density at radius 1 is 1.28 bits per heavy atom. The van der Waals surface area contributed by atoms with Gasteiger partial charge in [0.1, 0.15) is 6.61 Å². The molecule has 0 atom stereocenters. The normalized spacial score (nSPS) is 11.1. The van der Waals surface area contributed by atoms with Crippen molar-refractivity contribution < 1.29 is 14.5 Å². The summed E-state index contributed by atoms with van der Waals surface area (Å²) in [5.74, 6) is -0.320. The van der Waals surface area contributed by atoms with Crippen molar-refractivity contribution in [2.75, 3.05) is 14.1 Å². The van der Waals surface area contributed by atoms with Crippen LogP contribution in [0, 0.1) is 10.1 Å². The van der Waals surface area contributed by atoms with Gasteiger partial charge in [0.05, 0.1) is 23.2 Å². The first-order valence-corrected chi connectivity index (χ1v) is 9.58. The number of nitro benzene ring substituents is 1. The van der Waals surface area contributed by atoms with Gasteiger partial charge in [0.2, 0.25) is 5.95 Å². The summed E-state index contributed by atoms with van der Waals surface area (Å²) in [6, 6.07) is 6.10. The number of aromatic nitrogens is 4. The molecular formula is C20H21N7O5. The van der Waals surface area contributed by atoms with Crippen molar-refractivity contribution in [3.63, 3.8) is 0 Å². The van der Waals surface area contributed by atoms with Crippen LogP contribution >= 0.6 is 0 Å². The van der Waals surface area contributed by atoms with Crippen molar-refractivity contribution in [1.82, 2.24) is 24.4 Å². The standard InChI is InChI=1S/C20H21N7O5/c1-13(28)32-11-15-10-21-18-17(23-15)19(29)26(20(24-18)22-12-25(2)3)9-8-14-4-6-16(7-5-14)27(30)31/h4-7,10,12H,8-9,11H2,1-3H3/b22-12+. The van der Waals surface area contributed by atoms with Gasteiger partial charge in [-0.2, -0.15) is 4.98 Å². The second kappa shape index (κ2) is 9.73.